The van der Waals surface area contributed by atoms with E-state index in [1.54, 1.807) is 0 Å². The van der Waals surface area contributed by atoms with Crippen molar-refractivity contribution in [1.82, 2.24) is 4.31 Å². The molecular formula is C13H18ClFN2O3S. The summed E-state index contributed by atoms with van der Waals surface area (Å²) in [6.45, 7) is 1.02. The van der Waals surface area contributed by atoms with Crippen LogP contribution in [0.1, 0.15) is 18.4 Å². The van der Waals surface area contributed by atoms with Gasteiger partial charge in [-0.3, -0.25) is 0 Å². The van der Waals surface area contributed by atoms with Crippen molar-refractivity contribution in [2.24, 2.45) is 5.73 Å². The Morgan fingerprint density at radius 3 is 2.62 bits per heavy atom. The van der Waals surface area contributed by atoms with E-state index in [9.17, 15) is 12.8 Å². The molecule has 0 bridgehead atoms. The van der Waals surface area contributed by atoms with Crippen molar-refractivity contribution in [3.8, 4) is 0 Å². The highest BCUT2D eigenvalue weighted by Crippen LogP contribution is 2.27. The van der Waals surface area contributed by atoms with E-state index in [2.05, 4.69) is 0 Å². The lowest BCUT2D eigenvalue weighted by molar-refractivity contribution is 0.0632. The Kier molecular flexibility index (Phi) is 5.21. The maximum atomic E-state index is 13.8. The number of rotatable bonds is 4. The molecule has 1 heterocycles. The van der Waals surface area contributed by atoms with Crippen LogP contribution < -0.4 is 5.73 Å². The van der Waals surface area contributed by atoms with Gasteiger partial charge < -0.3 is 10.5 Å². The van der Waals surface area contributed by atoms with Gasteiger partial charge in [0.1, 0.15) is 5.82 Å². The molecule has 21 heavy (non-hydrogen) atoms. The molecule has 0 amide bonds. The Hall–Kier alpha value is -0.730. The maximum Gasteiger partial charge on any atom is 0.243 e. The van der Waals surface area contributed by atoms with Gasteiger partial charge in [-0.2, -0.15) is 4.31 Å². The number of hydrogen-bond acceptors (Lipinski definition) is 4. The van der Waals surface area contributed by atoms with Gasteiger partial charge in [0.25, 0.3) is 0 Å². The van der Waals surface area contributed by atoms with Crippen LogP contribution in [-0.4, -0.2) is 39.0 Å². The van der Waals surface area contributed by atoms with E-state index in [1.165, 1.54) is 17.4 Å². The van der Waals surface area contributed by atoms with E-state index < -0.39 is 15.8 Å². The molecule has 0 spiro atoms. The van der Waals surface area contributed by atoms with Crippen LogP contribution in [0, 0.1) is 5.82 Å². The Labute approximate surface area is 128 Å². The standard InChI is InChI=1S/C13H18ClFN2O3S/c1-17(10-2-4-20-5-3-10)21(18,19)11-6-9(8-16)13(14)12(15)7-11/h6-7,10H,2-5,8,16H2,1H3. The summed E-state index contributed by atoms with van der Waals surface area (Å²) in [5, 5.41) is -0.134. The molecule has 1 fully saturated rings. The predicted molar refractivity (Wildman–Crippen MR) is 78.1 cm³/mol. The average Bonchev–Trinajstić information content (AvgIpc) is 2.49. The molecule has 0 saturated carbocycles. The first-order valence-corrected chi connectivity index (χ1v) is 8.43. The minimum absolute atomic E-state index is 0.0277. The Balaban J connectivity index is 2.36. The summed E-state index contributed by atoms with van der Waals surface area (Å²) in [6, 6.07) is 2.12. The topological polar surface area (TPSA) is 72.6 Å². The van der Waals surface area contributed by atoms with E-state index in [0.29, 0.717) is 26.1 Å². The molecule has 1 aromatic rings. The maximum absolute atomic E-state index is 13.8. The van der Waals surface area contributed by atoms with Crippen molar-refractivity contribution in [2.45, 2.75) is 30.3 Å². The average molecular weight is 337 g/mol. The van der Waals surface area contributed by atoms with Crippen LogP contribution in [0.3, 0.4) is 0 Å². The zero-order valence-corrected chi connectivity index (χ0v) is 13.3. The largest absolute Gasteiger partial charge is 0.381 e. The van der Waals surface area contributed by atoms with Gasteiger partial charge in [-0.25, -0.2) is 12.8 Å². The molecular weight excluding hydrogens is 319 g/mol. The smallest absolute Gasteiger partial charge is 0.243 e. The molecule has 1 aromatic carbocycles. The molecule has 1 aliphatic rings. The Morgan fingerprint density at radius 1 is 1.43 bits per heavy atom. The minimum Gasteiger partial charge on any atom is -0.381 e. The van der Waals surface area contributed by atoms with Crippen molar-refractivity contribution in [2.75, 3.05) is 20.3 Å². The first-order valence-electron chi connectivity index (χ1n) is 6.61. The monoisotopic (exact) mass is 336 g/mol. The summed E-state index contributed by atoms with van der Waals surface area (Å²) in [7, 11) is -2.29. The quantitative estimate of drug-likeness (QED) is 0.909. The van der Waals surface area contributed by atoms with Crippen LogP contribution >= 0.6 is 11.6 Å². The van der Waals surface area contributed by atoms with Crippen LogP contribution in [0.25, 0.3) is 0 Å². The van der Waals surface area contributed by atoms with Gasteiger partial charge in [-0.15, -0.1) is 0 Å². The van der Waals surface area contributed by atoms with Crippen molar-refractivity contribution < 1.29 is 17.5 Å². The van der Waals surface area contributed by atoms with E-state index in [1.807, 2.05) is 0 Å². The normalized spacial score (nSPS) is 17.4. The molecule has 0 radical (unpaired) electrons. The zero-order valence-electron chi connectivity index (χ0n) is 11.7. The van der Waals surface area contributed by atoms with Crippen LogP contribution in [-0.2, 0) is 21.3 Å². The number of benzene rings is 1. The van der Waals surface area contributed by atoms with Crippen molar-refractivity contribution >= 4 is 21.6 Å². The second-order valence-electron chi connectivity index (χ2n) is 4.95. The lowest BCUT2D eigenvalue weighted by atomic mass is 10.1. The summed E-state index contributed by atoms with van der Waals surface area (Å²) in [6.07, 6.45) is 1.24. The van der Waals surface area contributed by atoms with Crippen LogP contribution in [0.4, 0.5) is 4.39 Å². The third-order valence-corrected chi connectivity index (χ3v) is 5.99. The molecule has 2 N–H and O–H groups in total. The second kappa shape index (κ2) is 6.58. The minimum atomic E-state index is -3.79. The fourth-order valence-electron chi connectivity index (χ4n) is 2.33. The Bertz CT molecular complexity index is 618. The number of ether oxygens (including phenoxy) is 1. The lowest BCUT2D eigenvalue weighted by Crippen LogP contribution is -2.40. The molecule has 0 aliphatic carbocycles. The summed E-state index contributed by atoms with van der Waals surface area (Å²) in [5.74, 6) is -0.779. The van der Waals surface area contributed by atoms with E-state index >= 15 is 0 Å². The molecule has 8 heteroatoms. The van der Waals surface area contributed by atoms with Gasteiger partial charge in [0.15, 0.2) is 0 Å². The number of nitrogens with two attached hydrogens (primary N) is 1. The molecule has 2 rings (SSSR count). The molecule has 1 aliphatic heterocycles. The van der Waals surface area contributed by atoms with Gasteiger partial charge in [0.05, 0.1) is 9.92 Å². The summed E-state index contributed by atoms with van der Waals surface area (Å²) in [5.41, 5.74) is 5.75. The molecule has 0 atom stereocenters. The summed E-state index contributed by atoms with van der Waals surface area (Å²) in [4.78, 5) is -0.126. The zero-order chi connectivity index (χ0) is 15.6. The fraction of sp³-hybridized carbons (Fsp3) is 0.538. The number of halogens is 2. The highest BCUT2D eigenvalue weighted by molar-refractivity contribution is 7.89. The first-order chi connectivity index (χ1) is 9.87. The lowest BCUT2D eigenvalue weighted by Gasteiger charge is -2.30. The van der Waals surface area contributed by atoms with E-state index in [-0.39, 0.29) is 28.1 Å². The van der Waals surface area contributed by atoms with Crippen molar-refractivity contribution in [3.63, 3.8) is 0 Å². The van der Waals surface area contributed by atoms with Gasteiger partial charge in [-0.1, -0.05) is 11.6 Å². The molecule has 1 saturated heterocycles. The predicted octanol–water partition coefficient (Wildman–Crippen LogP) is 1.74. The number of hydrogen-bond donors (Lipinski definition) is 1. The van der Waals surface area contributed by atoms with Gasteiger partial charge in [0.2, 0.25) is 10.0 Å². The second-order valence-corrected chi connectivity index (χ2v) is 7.32. The third-order valence-electron chi connectivity index (χ3n) is 3.68. The molecule has 0 aromatic heterocycles. The SMILES string of the molecule is CN(C1CCOCC1)S(=O)(=O)c1cc(F)c(Cl)c(CN)c1. The van der Waals surface area contributed by atoms with Gasteiger partial charge in [0, 0.05) is 32.8 Å². The van der Waals surface area contributed by atoms with E-state index in [0.717, 1.165) is 6.07 Å². The van der Waals surface area contributed by atoms with Gasteiger partial charge in [-0.05, 0) is 30.5 Å². The van der Waals surface area contributed by atoms with Crippen molar-refractivity contribution in [3.05, 3.63) is 28.5 Å². The van der Waals surface area contributed by atoms with Crippen LogP contribution in [0.5, 0.6) is 0 Å². The van der Waals surface area contributed by atoms with Gasteiger partial charge >= 0.3 is 0 Å². The molecule has 0 unspecified atom stereocenters. The molecule has 5 nitrogen and oxygen atoms in total. The Morgan fingerprint density at radius 2 is 2.05 bits per heavy atom. The number of sulfonamides is 1. The highest BCUT2D eigenvalue weighted by Gasteiger charge is 2.30. The fourth-order valence-corrected chi connectivity index (χ4v) is 3.99. The summed E-state index contributed by atoms with van der Waals surface area (Å²) < 4.78 is 45.5. The number of nitrogens with zero attached hydrogens (tertiary/aromatic N) is 1. The first kappa shape index (κ1) is 16.6. The van der Waals surface area contributed by atoms with Crippen molar-refractivity contribution in [1.29, 1.82) is 0 Å². The van der Waals surface area contributed by atoms with Crippen LogP contribution in [0.2, 0.25) is 5.02 Å². The third kappa shape index (κ3) is 3.37. The highest BCUT2D eigenvalue weighted by atomic mass is 35.5. The molecule has 118 valence electrons. The van der Waals surface area contributed by atoms with E-state index in [4.69, 9.17) is 22.1 Å². The summed E-state index contributed by atoms with van der Waals surface area (Å²) >= 11 is 5.76. The van der Waals surface area contributed by atoms with Crippen LogP contribution in [0.15, 0.2) is 17.0 Å².